The molecule has 8 nitrogen and oxygen atoms in total. The predicted molar refractivity (Wildman–Crippen MR) is 144 cm³/mol. The predicted octanol–water partition coefficient (Wildman–Crippen LogP) is 4.97. The fourth-order valence-corrected chi connectivity index (χ4v) is 3.79. The average molecular weight is 484 g/mol. The van der Waals surface area contributed by atoms with Crippen LogP contribution in [0.2, 0.25) is 0 Å². The molecule has 0 saturated heterocycles. The second-order valence-electron chi connectivity index (χ2n) is 9.33. The first-order valence-electron chi connectivity index (χ1n) is 11.5. The Labute approximate surface area is 209 Å². The molecule has 0 amide bonds. The first-order valence-corrected chi connectivity index (χ1v) is 11.5. The molecule has 0 bridgehead atoms. The van der Waals surface area contributed by atoms with Crippen LogP contribution in [0.15, 0.2) is 77.3 Å². The van der Waals surface area contributed by atoms with E-state index in [1.54, 1.807) is 55.8 Å². The van der Waals surface area contributed by atoms with Crippen molar-refractivity contribution in [1.82, 2.24) is 14.5 Å². The molecule has 4 aromatic rings. The summed E-state index contributed by atoms with van der Waals surface area (Å²) in [4.78, 5) is 22.2. The SMILES string of the molecule is C=CCc1cc(C(C)(C)C)cc(/C=N/Nc2nc3cccnc3n(-c3ccc(OC)cc3)c2=O)c1O. The van der Waals surface area contributed by atoms with Crippen molar-refractivity contribution in [3.63, 3.8) is 0 Å². The number of allylic oxidation sites excluding steroid dienone is 1. The molecular formula is C28H29N5O3. The molecule has 0 saturated carbocycles. The van der Waals surface area contributed by atoms with E-state index in [1.165, 1.54) is 10.8 Å². The second-order valence-corrected chi connectivity index (χ2v) is 9.33. The monoisotopic (exact) mass is 483 g/mol. The largest absolute Gasteiger partial charge is 0.507 e. The van der Waals surface area contributed by atoms with Crippen molar-refractivity contribution in [2.75, 3.05) is 12.5 Å². The summed E-state index contributed by atoms with van der Waals surface area (Å²) in [5.74, 6) is 0.828. The second kappa shape index (κ2) is 10.0. The molecule has 0 aliphatic rings. The number of benzene rings is 2. The number of anilines is 1. The minimum Gasteiger partial charge on any atom is -0.507 e. The molecule has 0 atom stereocenters. The number of phenolic OH excluding ortho intramolecular Hbond substituents is 1. The normalized spacial score (nSPS) is 11.7. The summed E-state index contributed by atoms with van der Waals surface area (Å²) in [6, 6.07) is 14.5. The Hall–Kier alpha value is -4.46. The molecule has 0 radical (unpaired) electrons. The van der Waals surface area contributed by atoms with E-state index in [1.807, 2.05) is 12.1 Å². The van der Waals surface area contributed by atoms with Crippen molar-refractivity contribution in [3.8, 4) is 17.2 Å². The molecule has 0 fully saturated rings. The maximum Gasteiger partial charge on any atom is 0.301 e. The third-order valence-corrected chi connectivity index (χ3v) is 5.77. The van der Waals surface area contributed by atoms with Crippen molar-refractivity contribution in [2.24, 2.45) is 5.10 Å². The lowest BCUT2D eigenvalue weighted by molar-refractivity contribution is 0.414. The third kappa shape index (κ3) is 4.98. The highest BCUT2D eigenvalue weighted by Gasteiger charge is 2.18. The smallest absolute Gasteiger partial charge is 0.301 e. The highest BCUT2D eigenvalue weighted by atomic mass is 16.5. The summed E-state index contributed by atoms with van der Waals surface area (Å²) in [5, 5.41) is 15.0. The lowest BCUT2D eigenvalue weighted by atomic mass is 9.84. The molecule has 2 aromatic carbocycles. The molecule has 4 rings (SSSR count). The van der Waals surface area contributed by atoms with Gasteiger partial charge in [-0.3, -0.25) is 14.8 Å². The van der Waals surface area contributed by atoms with Crippen LogP contribution in [0.1, 0.15) is 37.5 Å². The molecule has 0 spiro atoms. The zero-order valence-corrected chi connectivity index (χ0v) is 20.8. The first kappa shape index (κ1) is 24.7. The van der Waals surface area contributed by atoms with Crippen LogP contribution in [0.3, 0.4) is 0 Å². The summed E-state index contributed by atoms with van der Waals surface area (Å²) in [6.45, 7) is 10.1. The van der Waals surface area contributed by atoms with E-state index in [0.717, 1.165) is 11.1 Å². The van der Waals surface area contributed by atoms with Gasteiger partial charge in [0.1, 0.15) is 17.0 Å². The van der Waals surface area contributed by atoms with Gasteiger partial charge in [-0.1, -0.05) is 32.9 Å². The van der Waals surface area contributed by atoms with Gasteiger partial charge < -0.3 is 9.84 Å². The minimum absolute atomic E-state index is 0.0281. The number of nitrogens with zero attached hydrogens (tertiary/aromatic N) is 4. The number of aromatic nitrogens is 3. The van der Waals surface area contributed by atoms with Gasteiger partial charge in [-0.2, -0.15) is 5.10 Å². The summed E-state index contributed by atoms with van der Waals surface area (Å²) in [6.07, 6.45) is 5.37. The Kier molecular flexibility index (Phi) is 6.87. The summed E-state index contributed by atoms with van der Waals surface area (Å²) in [7, 11) is 1.58. The van der Waals surface area contributed by atoms with Gasteiger partial charge in [-0.25, -0.2) is 9.97 Å². The van der Waals surface area contributed by atoms with E-state index in [4.69, 9.17) is 4.74 Å². The van der Waals surface area contributed by atoms with E-state index in [0.29, 0.717) is 34.6 Å². The van der Waals surface area contributed by atoms with Gasteiger partial charge >= 0.3 is 5.56 Å². The van der Waals surface area contributed by atoms with Crippen LogP contribution in [-0.4, -0.2) is 33.0 Å². The van der Waals surface area contributed by atoms with Crippen LogP contribution in [0.5, 0.6) is 11.5 Å². The number of rotatable bonds is 7. The van der Waals surface area contributed by atoms with Gasteiger partial charge in [-0.05, 0) is 65.4 Å². The molecule has 2 aromatic heterocycles. The highest BCUT2D eigenvalue weighted by Crippen LogP contribution is 2.31. The van der Waals surface area contributed by atoms with E-state index in [9.17, 15) is 9.90 Å². The Morgan fingerprint density at radius 2 is 1.94 bits per heavy atom. The van der Waals surface area contributed by atoms with Crippen LogP contribution in [0.4, 0.5) is 5.82 Å². The number of aromatic hydroxyl groups is 1. The molecular weight excluding hydrogens is 454 g/mol. The van der Waals surface area contributed by atoms with Crippen LogP contribution < -0.4 is 15.7 Å². The van der Waals surface area contributed by atoms with Gasteiger partial charge in [0.25, 0.3) is 0 Å². The summed E-state index contributed by atoms with van der Waals surface area (Å²) >= 11 is 0. The van der Waals surface area contributed by atoms with Crippen molar-refractivity contribution < 1.29 is 9.84 Å². The fourth-order valence-electron chi connectivity index (χ4n) is 3.79. The first-order chi connectivity index (χ1) is 17.2. The van der Waals surface area contributed by atoms with Crippen LogP contribution in [0, 0.1) is 0 Å². The topological polar surface area (TPSA) is 102 Å². The van der Waals surface area contributed by atoms with Gasteiger partial charge in [-0.15, -0.1) is 6.58 Å². The quantitative estimate of drug-likeness (QED) is 0.219. The van der Waals surface area contributed by atoms with Crippen LogP contribution >= 0.6 is 0 Å². The summed E-state index contributed by atoms with van der Waals surface area (Å²) in [5.41, 5.74) is 6.13. The van der Waals surface area contributed by atoms with E-state index >= 15 is 0 Å². The number of ether oxygens (including phenoxy) is 1. The molecule has 2 N–H and O–H groups in total. The maximum absolute atomic E-state index is 13.4. The third-order valence-electron chi connectivity index (χ3n) is 5.77. The van der Waals surface area contributed by atoms with E-state index < -0.39 is 5.56 Å². The van der Waals surface area contributed by atoms with Crippen molar-refractivity contribution >= 4 is 23.2 Å². The number of fused-ring (bicyclic) bond motifs is 1. The van der Waals surface area contributed by atoms with E-state index in [-0.39, 0.29) is 17.0 Å². The zero-order chi connectivity index (χ0) is 25.9. The maximum atomic E-state index is 13.4. The number of hydrazone groups is 1. The molecule has 2 heterocycles. The highest BCUT2D eigenvalue weighted by molar-refractivity contribution is 5.85. The van der Waals surface area contributed by atoms with Crippen LogP contribution in [-0.2, 0) is 11.8 Å². The van der Waals surface area contributed by atoms with Crippen molar-refractivity contribution in [2.45, 2.75) is 32.6 Å². The molecule has 0 aliphatic heterocycles. The molecule has 0 unspecified atom stereocenters. The number of hydrogen-bond donors (Lipinski definition) is 2. The molecule has 36 heavy (non-hydrogen) atoms. The summed E-state index contributed by atoms with van der Waals surface area (Å²) < 4.78 is 6.70. The van der Waals surface area contributed by atoms with Gasteiger partial charge in [0, 0.05) is 11.8 Å². The Bertz CT molecular complexity index is 1500. The lowest BCUT2D eigenvalue weighted by Gasteiger charge is -2.21. The van der Waals surface area contributed by atoms with E-state index in [2.05, 4.69) is 47.8 Å². The Morgan fingerprint density at radius 3 is 2.61 bits per heavy atom. The minimum atomic E-state index is -0.413. The number of hydrogen-bond acceptors (Lipinski definition) is 7. The number of phenols is 1. The van der Waals surface area contributed by atoms with Crippen molar-refractivity contribution in [3.05, 3.63) is 94.4 Å². The Balaban J connectivity index is 1.76. The molecule has 0 aliphatic carbocycles. The van der Waals surface area contributed by atoms with Gasteiger partial charge in [0.2, 0.25) is 5.82 Å². The molecule has 8 heteroatoms. The Morgan fingerprint density at radius 1 is 1.19 bits per heavy atom. The van der Waals surface area contributed by atoms with Gasteiger partial charge in [0.15, 0.2) is 5.65 Å². The zero-order valence-electron chi connectivity index (χ0n) is 20.8. The number of pyridine rings is 1. The fraction of sp³-hybridized carbons (Fsp3) is 0.214. The number of nitrogens with one attached hydrogen (secondary N) is 1. The van der Waals surface area contributed by atoms with Crippen LogP contribution in [0.25, 0.3) is 16.9 Å². The lowest BCUT2D eigenvalue weighted by Crippen LogP contribution is -2.23. The van der Waals surface area contributed by atoms with Gasteiger partial charge in [0.05, 0.1) is 19.0 Å². The molecule has 184 valence electrons. The standard InChI is InChI=1S/C28H29N5O3/c1-6-8-18-15-20(28(2,3)4)16-19(24(18)34)17-30-32-25-27(35)33(21-10-12-22(36-5)13-11-21)26-23(31-25)9-7-14-29-26/h6-7,9-17,34H,1,8H2,2-5H3,(H,31,32)/b30-17+. The average Bonchev–Trinajstić information content (AvgIpc) is 2.86. The number of methoxy groups -OCH3 is 1. The van der Waals surface area contributed by atoms with Crippen molar-refractivity contribution in [1.29, 1.82) is 0 Å².